The molecule has 0 aliphatic carbocycles. The maximum absolute atomic E-state index is 12.9. The Balaban J connectivity index is 1.71. The van der Waals surface area contributed by atoms with Crippen LogP contribution in [-0.4, -0.2) is 60.4 Å². The number of carboxylic acids is 1. The van der Waals surface area contributed by atoms with Crippen LogP contribution >= 0.6 is 0 Å². The Bertz CT molecular complexity index is 598. The number of carbonyl (C=O) groups is 2. The van der Waals surface area contributed by atoms with E-state index in [2.05, 4.69) is 0 Å². The van der Waals surface area contributed by atoms with E-state index < -0.39 is 12.1 Å². The first kappa shape index (κ1) is 16.6. The van der Waals surface area contributed by atoms with Crippen LogP contribution in [0.15, 0.2) is 24.3 Å². The summed E-state index contributed by atoms with van der Waals surface area (Å²) in [6.07, 6.45) is 0.565. The number of fused-ring (bicyclic) bond motifs is 1. The van der Waals surface area contributed by atoms with E-state index >= 15 is 0 Å². The zero-order chi connectivity index (χ0) is 16.9. The lowest BCUT2D eigenvalue weighted by Gasteiger charge is -2.37. The van der Waals surface area contributed by atoms with E-state index in [9.17, 15) is 9.59 Å². The number of aliphatic carboxylic acids is 1. The van der Waals surface area contributed by atoms with Gasteiger partial charge in [0.05, 0.1) is 6.42 Å². The average molecular weight is 335 g/mol. The number of benzene rings is 1. The molecule has 1 fully saturated rings. The molecule has 0 aromatic heterocycles. The lowest BCUT2D eigenvalue weighted by Crippen LogP contribution is -2.52. The zero-order valence-corrected chi connectivity index (χ0v) is 13.3. The minimum Gasteiger partial charge on any atom is -0.485 e. The number of rotatable bonds is 5. The zero-order valence-electron chi connectivity index (χ0n) is 13.3. The summed E-state index contributed by atoms with van der Waals surface area (Å²) in [6.45, 7) is 1.45. The molecule has 7 nitrogen and oxygen atoms in total. The Morgan fingerprint density at radius 2 is 1.88 bits per heavy atom. The van der Waals surface area contributed by atoms with Gasteiger partial charge in [-0.2, -0.15) is 0 Å². The third-order valence-corrected chi connectivity index (χ3v) is 4.27. The minimum atomic E-state index is -0.925. The van der Waals surface area contributed by atoms with Gasteiger partial charge in [0.2, 0.25) is 6.10 Å². The first-order valence-corrected chi connectivity index (χ1v) is 8.13. The van der Waals surface area contributed by atoms with Crippen LogP contribution in [0.3, 0.4) is 0 Å². The van der Waals surface area contributed by atoms with Gasteiger partial charge in [0.15, 0.2) is 11.5 Å². The van der Waals surface area contributed by atoms with E-state index in [0.29, 0.717) is 37.6 Å². The van der Waals surface area contributed by atoms with Crippen molar-refractivity contribution >= 4 is 11.9 Å². The summed E-state index contributed by atoms with van der Waals surface area (Å²) < 4.78 is 16.7. The third kappa shape index (κ3) is 3.79. The van der Waals surface area contributed by atoms with Crippen LogP contribution in [0.4, 0.5) is 0 Å². The molecular formula is C17H21NO6. The molecule has 130 valence electrons. The summed E-state index contributed by atoms with van der Waals surface area (Å²) in [6, 6.07) is 7.18. The molecule has 2 aliphatic heterocycles. The van der Waals surface area contributed by atoms with Crippen molar-refractivity contribution in [1.82, 2.24) is 4.90 Å². The lowest BCUT2D eigenvalue weighted by atomic mass is 10.1. The molecule has 24 heavy (non-hydrogen) atoms. The van der Waals surface area contributed by atoms with Gasteiger partial charge >= 0.3 is 5.97 Å². The maximum Gasteiger partial charge on any atom is 0.305 e. The number of amides is 1. The molecule has 0 unspecified atom stereocenters. The smallest absolute Gasteiger partial charge is 0.305 e. The second-order valence-electron chi connectivity index (χ2n) is 5.88. The van der Waals surface area contributed by atoms with Crippen molar-refractivity contribution in [2.45, 2.75) is 31.4 Å². The molecule has 1 N–H and O–H groups in total. The van der Waals surface area contributed by atoms with Crippen molar-refractivity contribution < 1.29 is 28.9 Å². The van der Waals surface area contributed by atoms with Gasteiger partial charge in [0.1, 0.15) is 6.61 Å². The molecule has 0 bridgehead atoms. The van der Waals surface area contributed by atoms with Gasteiger partial charge in [-0.3, -0.25) is 9.59 Å². The third-order valence-electron chi connectivity index (χ3n) is 4.27. The predicted octanol–water partition coefficient (Wildman–Crippen LogP) is 1.31. The van der Waals surface area contributed by atoms with Crippen LogP contribution in [0.25, 0.3) is 0 Å². The van der Waals surface area contributed by atoms with Crippen LogP contribution in [-0.2, 0) is 14.3 Å². The summed E-state index contributed by atoms with van der Waals surface area (Å²) >= 11 is 0. The van der Waals surface area contributed by atoms with Gasteiger partial charge in [-0.25, -0.2) is 0 Å². The molecule has 1 atom stereocenters. The van der Waals surface area contributed by atoms with E-state index in [1.165, 1.54) is 0 Å². The van der Waals surface area contributed by atoms with Crippen molar-refractivity contribution in [2.24, 2.45) is 0 Å². The molecule has 1 aromatic rings. The summed E-state index contributed by atoms with van der Waals surface area (Å²) in [4.78, 5) is 25.5. The molecular weight excluding hydrogens is 314 g/mol. The van der Waals surface area contributed by atoms with Crippen molar-refractivity contribution in [3.05, 3.63) is 24.3 Å². The number of carboxylic acid groups (broad SMARTS) is 1. The fraction of sp³-hybridized carbons (Fsp3) is 0.529. The molecule has 2 heterocycles. The normalized spacial score (nSPS) is 20.4. The highest BCUT2D eigenvalue weighted by atomic mass is 16.6. The van der Waals surface area contributed by atoms with Crippen molar-refractivity contribution in [3.63, 3.8) is 0 Å². The fourth-order valence-electron chi connectivity index (χ4n) is 3.01. The number of para-hydroxylation sites is 2. The molecule has 2 aliphatic rings. The van der Waals surface area contributed by atoms with Crippen LogP contribution < -0.4 is 9.47 Å². The van der Waals surface area contributed by atoms with Gasteiger partial charge < -0.3 is 24.2 Å². The molecule has 7 heteroatoms. The molecule has 0 saturated carbocycles. The van der Waals surface area contributed by atoms with E-state index in [0.717, 1.165) is 0 Å². The Morgan fingerprint density at radius 1 is 1.17 bits per heavy atom. The standard InChI is InChI=1S/C17H21NO6/c19-16(20)5-8-18(12-6-9-22-10-7-12)17(21)15-11-23-13-3-1-2-4-14(13)24-15/h1-4,12,15H,5-11H2,(H,19,20)/t15-/m1/s1. The van der Waals surface area contributed by atoms with E-state index in [1.54, 1.807) is 17.0 Å². The van der Waals surface area contributed by atoms with E-state index in [1.807, 2.05) is 12.1 Å². The molecule has 1 saturated heterocycles. The summed E-state index contributed by atoms with van der Waals surface area (Å²) in [7, 11) is 0. The van der Waals surface area contributed by atoms with E-state index in [4.69, 9.17) is 19.3 Å². The Labute approximate surface area is 140 Å². The lowest BCUT2D eigenvalue weighted by molar-refractivity contribution is -0.147. The molecule has 1 amide bonds. The van der Waals surface area contributed by atoms with Crippen LogP contribution in [0.2, 0.25) is 0 Å². The molecule has 1 aromatic carbocycles. The highest BCUT2D eigenvalue weighted by Gasteiger charge is 2.35. The van der Waals surface area contributed by atoms with Gasteiger partial charge in [0.25, 0.3) is 5.91 Å². The van der Waals surface area contributed by atoms with Crippen LogP contribution in [0.5, 0.6) is 11.5 Å². The van der Waals surface area contributed by atoms with Crippen molar-refractivity contribution in [3.8, 4) is 11.5 Å². The average Bonchev–Trinajstić information content (AvgIpc) is 2.62. The van der Waals surface area contributed by atoms with Crippen molar-refractivity contribution in [1.29, 1.82) is 0 Å². The number of hydrogen-bond donors (Lipinski definition) is 1. The second-order valence-corrected chi connectivity index (χ2v) is 5.88. The number of carbonyl (C=O) groups excluding carboxylic acids is 1. The monoisotopic (exact) mass is 335 g/mol. The van der Waals surface area contributed by atoms with Crippen molar-refractivity contribution in [2.75, 3.05) is 26.4 Å². The second kappa shape index (κ2) is 7.53. The highest BCUT2D eigenvalue weighted by Crippen LogP contribution is 2.31. The van der Waals surface area contributed by atoms with Gasteiger partial charge in [-0.05, 0) is 25.0 Å². The first-order valence-electron chi connectivity index (χ1n) is 8.13. The maximum atomic E-state index is 12.9. The van der Waals surface area contributed by atoms with Crippen LogP contribution in [0, 0.1) is 0 Å². The fourth-order valence-corrected chi connectivity index (χ4v) is 3.01. The topological polar surface area (TPSA) is 85.3 Å². The first-order chi connectivity index (χ1) is 11.6. The van der Waals surface area contributed by atoms with Gasteiger partial charge in [-0.15, -0.1) is 0 Å². The Morgan fingerprint density at radius 3 is 2.58 bits per heavy atom. The summed E-state index contributed by atoms with van der Waals surface area (Å²) in [5.74, 6) is 0.000588. The number of nitrogens with zero attached hydrogens (tertiary/aromatic N) is 1. The molecule has 0 radical (unpaired) electrons. The number of ether oxygens (including phenoxy) is 3. The largest absolute Gasteiger partial charge is 0.485 e. The minimum absolute atomic E-state index is 0.0219. The predicted molar refractivity (Wildman–Crippen MR) is 84.2 cm³/mol. The molecule has 3 rings (SSSR count). The van der Waals surface area contributed by atoms with E-state index in [-0.39, 0.29) is 31.5 Å². The SMILES string of the molecule is O=C(O)CCN(C(=O)[C@H]1COc2ccccc2O1)C1CCOCC1. The van der Waals surface area contributed by atoms with Crippen LogP contribution in [0.1, 0.15) is 19.3 Å². The quantitative estimate of drug-likeness (QED) is 0.873. The Kier molecular flexibility index (Phi) is 5.20. The van der Waals surface area contributed by atoms with Gasteiger partial charge in [0, 0.05) is 25.8 Å². The molecule has 0 spiro atoms. The summed E-state index contributed by atoms with van der Waals surface area (Å²) in [5, 5.41) is 8.96. The highest BCUT2D eigenvalue weighted by molar-refractivity contribution is 5.82. The Hall–Kier alpha value is -2.28. The summed E-state index contributed by atoms with van der Waals surface area (Å²) in [5.41, 5.74) is 0. The number of hydrogen-bond acceptors (Lipinski definition) is 5. The van der Waals surface area contributed by atoms with Gasteiger partial charge in [-0.1, -0.05) is 12.1 Å².